The molecule has 72 valence electrons. The van der Waals surface area contributed by atoms with Crippen LogP contribution in [0.15, 0.2) is 6.20 Å². The molecule has 1 unspecified atom stereocenters. The van der Waals surface area contributed by atoms with E-state index in [1.807, 2.05) is 6.20 Å². The maximum Gasteiger partial charge on any atom is 0.0524 e. The summed E-state index contributed by atoms with van der Waals surface area (Å²) in [6.45, 7) is 6.68. The van der Waals surface area contributed by atoms with Crippen LogP contribution in [0.1, 0.15) is 43.4 Å². The van der Waals surface area contributed by atoms with Gasteiger partial charge in [0, 0.05) is 18.2 Å². The van der Waals surface area contributed by atoms with Gasteiger partial charge in [-0.3, -0.25) is 5.10 Å². The van der Waals surface area contributed by atoms with Gasteiger partial charge in [0.15, 0.2) is 0 Å². The summed E-state index contributed by atoms with van der Waals surface area (Å²) in [5.41, 5.74) is 2.73. The zero-order valence-electron chi connectivity index (χ0n) is 8.30. The number of H-pyrrole nitrogens is 1. The molecule has 0 aliphatic carbocycles. The minimum absolute atomic E-state index is 0.578. The van der Waals surface area contributed by atoms with Crippen molar-refractivity contribution in [2.24, 2.45) is 0 Å². The molecule has 0 bridgehead atoms. The second kappa shape index (κ2) is 3.50. The van der Waals surface area contributed by atoms with E-state index in [1.54, 1.807) is 0 Å². The summed E-state index contributed by atoms with van der Waals surface area (Å²) >= 11 is 0. The minimum atomic E-state index is 0.578. The Hall–Kier alpha value is -0.830. The molecule has 1 fully saturated rings. The first-order valence-electron chi connectivity index (χ1n) is 5.03. The molecule has 1 aromatic heterocycles. The van der Waals surface area contributed by atoms with Crippen LogP contribution in [0.5, 0.6) is 0 Å². The van der Waals surface area contributed by atoms with Crippen LogP contribution >= 0.6 is 0 Å². The van der Waals surface area contributed by atoms with Gasteiger partial charge < -0.3 is 5.32 Å². The van der Waals surface area contributed by atoms with E-state index in [0.717, 1.165) is 13.1 Å². The fourth-order valence-electron chi connectivity index (χ4n) is 1.99. The van der Waals surface area contributed by atoms with E-state index < -0.39 is 0 Å². The maximum absolute atomic E-state index is 4.14. The summed E-state index contributed by atoms with van der Waals surface area (Å²) < 4.78 is 0. The fraction of sp³-hybridized carbons (Fsp3) is 0.700. The molecule has 0 spiro atoms. The molecular weight excluding hydrogens is 162 g/mol. The van der Waals surface area contributed by atoms with Gasteiger partial charge in [0.25, 0.3) is 0 Å². The van der Waals surface area contributed by atoms with Crippen molar-refractivity contribution in [1.29, 1.82) is 0 Å². The zero-order valence-corrected chi connectivity index (χ0v) is 8.30. The predicted molar refractivity (Wildman–Crippen MR) is 52.9 cm³/mol. The summed E-state index contributed by atoms with van der Waals surface area (Å²) in [7, 11) is 0. The highest BCUT2D eigenvalue weighted by molar-refractivity contribution is 5.24. The molecule has 0 saturated carbocycles. The van der Waals surface area contributed by atoms with E-state index in [2.05, 4.69) is 29.4 Å². The minimum Gasteiger partial charge on any atom is -0.316 e. The summed E-state index contributed by atoms with van der Waals surface area (Å²) in [6, 6.07) is 0. The lowest BCUT2D eigenvalue weighted by molar-refractivity contribution is 0.706. The average Bonchev–Trinajstić information content (AvgIpc) is 2.74. The van der Waals surface area contributed by atoms with Crippen molar-refractivity contribution in [1.82, 2.24) is 15.5 Å². The normalized spacial score (nSPS) is 22.8. The lowest BCUT2D eigenvalue weighted by Crippen LogP contribution is -2.09. The Bertz CT molecular complexity index is 271. The number of nitrogens with one attached hydrogen (secondary N) is 2. The number of aromatic amines is 1. The smallest absolute Gasteiger partial charge is 0.0524 e. The highest BCUT2D eigenvalue weighted by Gasteiger charge is 2.21. The third-order valence-electron chi connectivity index (χ3n) is 2.79. The van der Waals surface area contributed by atoms with Gasteiger partial charge in [-0.05, 0) is 24.4 Å². The SMILES string of the molecule is CC(C)c1cn[nH]c1C1CCNC1. The standard InChI is InChI=1S/C10H17N3/c1-7(2)9-6-12-13-10(9)8-3-4-11-5-8/h6-8,11H,3-5H2,1-2H3,(H,12,13). The molecule has 13 heavy (non-hydrogen) atoms. The molecule has 2 heterocycles. The first kappa shape index (κ1) is 8.75. The molecule has 1 aromatic rings. The number of hydrogen-bond donors (Lipinski definition) is 2. The molecule has 0 amide bonds. The Morgan fingerprint density at radius 3 is 3.00 bits per heavy atom. The molecule has 2 N–H and O–H groups in total. The van der Waals surface area contributed by atoms with Crippen molar-refractivity contribution in [2.75, 3.05) is 13.1 Å². The van der Waals surface area contributed by atoms with Crippen LogP contribution in [0.3, 0.4) is 0 Å². The highest BCUT2D eigenvalue weighted by atomic mass is 15.1. The summed E-state index contributed by atoms with van der Waals surface area (Å²) in [6.07, 6.45) is 3.21. The van der Waals surface area contributed by atoms with Gasteiger partial charge >= 0.3 is 0 Å². The van der Waals surface area contributed by atoms with Crippen LogP contribution < -0.4 is 5.32 Å². The fourth-order valence-corrected chi connectivity index (χ4v) is 1.99. The second-order valence-corrected chi connectivity index (χ2v) is 4.08. The Kier molecular flexibility index (Phi) is 2.36. The van der Waals surface area contributed by atoms with Gasteiger partial charge in [-0.2, -0.15) is 5.10 Å². The highest BCUT2D eigenvalue weighted by Crippen LogP contribution is 2.27. The van der Waals surface area contributed by atoms with Crippen molar-refractivity contribution >= 4 is 0 Å². The first-order valence-corrected chi connectivity index (χ1v) is 5.03. The van der Waals surface area contributed by atoms with Crippen molar-refractivity contribution in [3.05, 3.63) is 17.5 Å². The van der Waals surface area contributed by atoms with Crippen molar-refractivity contribution in [3.63, 3.8) is 0 Å². The Labute approximate surface area is 78.9 Å². The van der Waals surface area contributed by atoms with E-state index in [-0.39, 0.29) is 0 Å². The maximum atomic E-state index is 4.14. The number of rotatable bonds is 2. The van der Waals surface area contributed by atoms with Gasteiger partial charge in [0.2, 0.25) is 0 Å². The molecule has 2 rings (SSSR count). The first-order chi connectivity index (χ1) is 6.29. The quantitative estimate of drug-likeness (QED) is 0.724. The molecule has 1 aliphatic heterocycles. The third kappa shape index (κ3) is 1.61. The monoisotopic (exact) mass is 179 g/mol. The van der Waals surface area contributed by atoms with Crippen LogP contribution in [0, 0.1) is 0 Å². The molecule has 1 saturated heterocycles. The molecule has 0 aromatic carbocycles. The molecule has 3 heteroatoms. The van der Waals surface area contributed by atoms with Gasteiger partial charge in [0.05, 0.1) is 6.20 Å². The lowest BCUT2D eigenvalue weighted by Gasteiger charge is -2.10. The zero-order chi connectivity index (χ0) is 9.26. The van der Waals surface area contributed by atoms with Gasteiger partial charge in [-0.25, -0.2) is 0 Å². The molecular formula is C10H17N3. The van der Waals surface area contributed by atoms with Crippen molar-refractivity contribution < 1.29 is 0 Å². The van der Waals surface area contributed by atoms with E-state index in [4.69, 9.17) is 0 Å². The summed E-state index contributed by atoms with van der Waals surface area (Å²) in [5.74, 6) is 1.23. The predicted octanol–water partition coefficient (Wildman–Crippen LogP) is 1.61. The van der Waals surface area contributed by atoms with Crippen LogP contribution in [-0.2, 0) is 0 Å². The van der Waals surface area contributed by atoms with E-state index in [9.17, 15) is 0 Å². The lowest BCUT2D eigenvalue weighted by atomic mass is 9.95. The number of nitrogens with zero attached hydrogens (tertiary/aromatic N) is 1. The Morgan fingerprint density at radius 1 is 1.54 bits per heavy atom. The summed E-state index contributed by atoms with van der Waals surface area (Å²) in [4.78, 5) is 0. The van der Waals surface area contributed by atoms with Crippen LogP contribution in [0.25, 0.3) is 0 Å². The van der Waals surface area contributed by atoms with Crippen molar-refractivity contribution in [3.8, 4) is 0 Å². The topological polar surface area (TPSA) is 40.7 Å². The van der Waals surface area contributed by atoms with Crippen LogP contribution in [0.2, 0.25) is 0 Å². The third-order valence-corrected chi connectivity index (χ3v) is 2.79. The Balaban J connectivity index is 2.23. The number of aromatic nitrogens is 2. The van der Waals surface area contributed by atoms with Gasteiger partial charge in [-0.15, -0.1) is 0 Å². The van der Waals surface area contributed by atoms with Gasteiger partial charge in [-0.1, -0.05) is 13.8 Å². The largest absolute Gasteiger partial charge is 0.316 e. The molecule has 1 atom stereocenters. The molecule has 3 nitrogen and oxygen atoms in total. The van der Waals surface area contributed by atoms with E-state index in [0.29, 0.717) is 11.8 Å². The Morgan fingerprint density at radius 2 is 2.38 bits per heavy atom. The number of hydrogen-bond acceptors (Lipinski definition) is 2. The van der Waals surface area contributed by atoms with Gasteiger partial charge in [0.1, 0.15) is 0 Å². The van der Waals surface area contributed by atoms with Crippen LogP contribution in [0.4, 0.5) is 0 Å². The van der Waals surface area contributed by atoms with Crippen LogP contribution in [-0.4, -0.2) is 23.3 Å². The average molecular weight is 179 g/mol. The molecule has 0 radical (unpaired) electrons. The van der Waals surface area contributed by atoms with E-state index >= 15 is 0 Å². The summed E-state index contributed by atoms with van der Waals surface area (Å²) in [5, 5.41) is 10.7. The van der Waals surface area contributed by atoms with E-state index in [1.165, 1.54) is 17.7 Å². The second-order valence-electron chi connectivity index (χ2n) is 4.08. The van der Waals surface area contributed by atoms with Crippen molar-refractivity contribution in [2.45, 2.75) is 32.1 Å². The molecule has 1 aliphatic rings.